The average molecular weight is 445 g/mol. The molecular formula is C26H28N4O3. The Labute approximate surface area is 193 Å². The number of nitrogens with one attached hydrogen (secondary N) is 1. The molecule has 0 bridgehead atoms. The van der Waals surface area contributed by atoms with Crippen LogP contribution in [-0.4, -0.2) is 46.6 Å². The Morgan fingerprint density at radius 3 is 2.70 bits per heavy atom. The van der Waals surface area contributed by atoms with Crippen LogP contribution < -0.4 is 9.64 Å². The first-order valence-corrected chi connectivity index (χ1v) is 11.6. The lowest BCUT2D eigenvalue weighted by atomic mass is 9.98. The van der Waals surface area contributed by atoms with Crippen molar-refractivity contribution in [2.75, 3.05) is 24.6 Å². The van der Waals surface area contributed by atoms with Gasteiger partial charge in [-0.1, -0.05) is 18.2 Å². The zero-order chi connectivity index (χ0) is 22.8. The summed E-state index contributed by atoms with van der Waals surface area (Å²) in [5.41, 5.74) is 3.97. The summed E-state index contributed by atoms with van der Waals surface area (Å²) in [6.45, 7) is 3.86. The average Bonchev–Trinajstić information content (AvgIpc) is 3.52. The Kier molecular flexibility index (Phi) is 5.86. The fourth-order valence-electron chi connectivity index (χ4n) is 4.83. The summed E-state index contributed by atoms with van der Waals surface area (Å²) < 4.78 is 5.49. The van der Waals surface area contributed by atoms with Crippen LogP contribution in [0.4, 0.5) is 5.69 Å². The number of carbonyl (C=O) groups is 2. The van der Waals surface area contributed by atoms with E-state index in [1.54, 1.807) is 4.90 Å². The lowest BCUT2D eigenvalue weighted by Gasteiger charge is -2.35. The molecule has 2 aliphatic rings. The SMILES string of the molecule is CCOc1ccc(C(=O)N2CCCCC2c2cc(C(=O)N3CCc4ccccc43)n[nH]2)cc1. The molecule has 3 aromatic rings. The van der Waals surface area contributed by atoms with E-state index in [-0.39, 0.29) is 17.9 Å². The normalized spacial score (nSPS) is 17.7. The molecule has 0 spiro atoms. The second kappa shape index (κ2) is 9.10. The zero-order valence-corrected chi connectivity index (χ0v) is 18.8. The Bertz CT molecular complexity index is 1150. The number of likely N-dealkylation sites (tertiary alicyclic amines) is 1. The molecule has 33 heavy (non-hydrogen) atoms. The summed E-state index contributed by atoms with van der Waals surface area (Å²) in [4.78, 5) is 30.2. The molecule has 1 atom stereocenters. The molecule has 170 valence electrons. The van der Waals surface area contributed by atoms with Gasteiger partial charge in [0.2, 0.25) is 0 Å². The molecule has 2 aliphatic heterocycles. The standard InChI is InChI=1S/C26H28N4O3/c1-2-33-20-12-10-19(11-13-20)25(31)29-15-6-5-9-24(29)21-17-22(28-27-21)26(32)30-16-14-18-7-3-4-8-23(18)30/h3-4,7-8,10-13,17,24H,2,5-6,9,14-16H2,1H3,(H,27,28). The van der Waals surface area contributed by atoms with Crippen molar-refractivity contribution in [3.05, 3.63) is 77.1 Å². The van der Waals surface area contributed by atoms with Crippen molar-refractivity contribution in [3.8, 4) is 5.75 Å². The van der Waals surface area contributed by atoms with Crippen LogP contribution in [-0.2, 0) is 6.42 Å². The largest absolute Gasteiger partial charge is 0.494 e. The van der Waals surface area contributed by atoms with Gasteiger partial charge in [0.1, 0.15) is 5.75 Å². The number of anilines is 1. The van der Waals surface area contributed by atoms with E-state index in [1.807, 2.05) is 60.4 Å². The van der Waals surface area contributed by atoms with Crippen LogP contribution in [0.1, 0.15) is 64.3 Å². The van der Waals surface area contributed by atoms with E-state index < -0.39 is 0 Å². The first-order chi connectivity index (χ1) is 16.2. The van der Waals surface area contributed by atoms with E-state index in [1.165, 1.54) is 5.56 Å². The van der Waals surface area contributed by atoms with E-state index in [2.05, 4.69) is 16.3 Å². The fourth-order valence-corrected chi connectivity index (χ4v) is 4.83. The van der Waals surface area contributed by atoms with Crippen LogP contribution in [0.25, 0.3) is 0 Å². The summed E-state index contributed by atoms with van der Waals surface area (Å²) >= 11 is 0. The molecule has 0 aliphatic carbocycles. The number of nitrogens with zero attached hydrogens (tertiary/aromatic N) is 3. The smallest absolute Gasteiger partial charge is 0.278 e. The van der Waals surface area contributed by atoms with Crippen LogP contribution in [0.2, 0.25) is 0 Å². The van der Waals surface area contributed by atoms with Crippen molar-refractivity contribution >= 4 is 17.5 Å². The molecule has 5 rings (SSSR count). The van der Waals surface area contributed by atoms with Gasteiger partial charge in [0.05, 0.1) is 18.3 Å². The Morgan fingerprint density at radius 1 is 1.06 bits per heavy atom. The Hall–Kier alpha value is -3.61. The number of piperidine rings is 1. The topological polar surface area (TPSA) is 78.5 Å². The lowest BCUT2D eigenvalue weighted by molar-refractivity contribution is 0.0606. The Morgan fingerprint density at radius 2 is 1.88 bits per heavy atom. The maximum Gasteiger partial charge on any atom is 0.278 e. The number of aromatic nitrogens is 2. The van der Waals surface area contributed by atoms with Gasteiger partial charge in [0.15, 0.2) is 5.69 Å². The number of benzene rings is 2. The molecule has 1 unspecified atom stereocenters. The third kappa shape index (κ3) is 4.11. The van der Waals surface area contributed by atoms with Gasteiger partial charge in [-0.25, -0.2) is 0 Å². The van der Waals surface area contributed by atoms with Crippen molar-refractivity contribution in [1.29, 1.82) is 0 Å². The number of ether oxygens (including phenoxy) is 1. The number of hydrogen-bond donors (Lipinski definition) is 1. The number of aromatic amines is 1. The number of para-hydroxylation sites is 1. The van der Waals surface area contributed by atoms with Gasteiger partial charge in [0.25, 0.3) is 11.8 Å². The zero-order valence-electron chi connectivity index (χ0n) is 18.8. The number of amides is 2. The molecule has 2 aromatic carbocycles. The minimum absolute atomic E-state index is 0.0151. The van der Waals surface area contributed by atoms with E-state index in [9.17, 15) is 9.59 Å². The maximum absolute atomic E-state index is 13.3. The number of hydrogen-bond acceptors (Lipinski definition) is 4. The fraction of sp³-hybridized carbons (Fsp3) is 0.346. The third-order valence-corrected chi connectivity index (χ3v) is 6.48. The molecular weight excluding hydrogens is 416 g/mol. The highest BCUT2D eigenvalue weighted by molar-refractivity contribution is 6.06. The van der Waals surface area contributed by atoms with E-state index in [0.717, 1.165) is 42.8 Å². The number of H-pyrrole nitrogens is 1. The second-order valence-electron chi connectivity index (χ2n) is 8.51. The minimum atomic E-state index is -0.127. The van der Waals surface area contributed by atoms with Gasteiger partial charge < -0.3 is 14.5 Å². The van der Waals surface area contributed by atoms with Crippen LogP contribution in [0.5, 0.6) is 5.75 Å². The Balaban J connectivity index is 1.35. The first-order valence-electron chi connectivity index (χ1n) is 11.6. The molecule has 0 radical (unpaired) electrons. The molecule has 3 heterocycles. The van der Waals surface area contributed by atoms with E-state index in [0.29, 0.717) is 31.0 Å². The van der Waals surface area contributed by atoms with Crippen LogP contribution in [0, 0.1) is 0 Å². The van der Waals surface area contributed by atoms with Gasteiger partial charge in [-0.2, -0.15) is 5.10 Å². The highest BCUT2D eigenvalue weighted by atomic mass is 16.5. The predicted molar refractivity (Wildman–Crippen MR) is 126 cm³/mol. The van der Waals surface area contributed by atoms with Crippen LogP contribution >= 0.6 is 0 Å². The van der Waals surface area contributed by atoms with Crippen LogP contribution in [0.3, 0.4) is 0 Å². The van der Waals surface area contributed by atoms with Gasteiger partial charge >= 0.3 is 0 Å². The summed E-state index contributed by atoms with van der Waals surface area (Å²) in [7, 11) is 0. The molecule has 1 saturated heterocycles. The quantitative estimate of drug-likeness (QED) is 0.634. The van der Waals surface area contributed by atoms with Crippen molar-refractivity contribution in [2.45, 2.75) is 38.6 Å². The number of carbonyl (C=O) groups excluding carboxylic acids is 2. The molecule has 7 heteroatoms. The van der Waals surface area contributed by atoms with Crippen molar-refractivity contribution in [2.24, 2.45) is 0 Å². The summed E-state index contributed by atoms with van der Waals surface area (Å²) in [6.07, 6.45) is 3.68. The van der Waals surface area contributed by atoms with Gasteiger partial charge in [-0.3, -0.25) is 14.7 Å². The van der Waals surface area contributed by atoms with Crippen molar-refractivity contribution < 1.29 is 14.3 Å². The number of fused-ring (bicyclic) bond motifs is 1. The van der Waals surface area contributed by atoms with Crippen molar-refractivity contribution in [3.63, 3.8) is 0 Å². The monoisotopic (exact) mass is 444 g/mol. The van der Waals surface area contributed by atoms with E-state index in [4.69, 9.17) is 4.74 Å². The molecule has 1 aromatic heterocycles. The van der Waals surface area contributed by atoms with Crippen molar-refractivity contribution in [1.82, 2.24) is 15.1 Å². The maximum atomic E-state index is 13.3. The highest BCUT2D eigenvalue weighted by Crippen LogP contribution is 2.33. The van der Waals surface area contributed by atoms with E-state index >= 15 is 0 Å². The summed E-state index contributed by atoms with van der Waals surface area (Å²) in [5, 5.41) is 7.39. The molecule has 0 saturated carbocycles. The summed E-state index contributed by atoms with van der Waals surface area (Å²) in [5.74, 6) is 0.630. The molecule has 2 amide bonds. The number of rotatable bonds is 5. The second-order valence-corrected chi connectivity index (χ2v) is 8.51. The minimum Gasteiger partial charge on any atom is -0.494 e. The van der Waals surface area contributed by atoms with Gasteiger partial charge in [-0.05, 0) is 74.6 Å². The lowest BCUT2D eigenvalue weighted by Crippen LogP contribution is -2.38. The van der Waals surface area contributed by atoms with Gasteiger partial charge in [-0.15, -0.1) is 0 Å². The third-order valence-electron chi connectivity index (χ3n) is 6.48. The van der Waals surface area contributed by atoms with Crippen LogP contribution in [0.15, 0.2) is 54.6 Å². The first kappa shape index (κ1) is 21.2. The summed E-state index contributed by atoms with van der Waals surface area (Å²) in [6, 6.07) is 17.0. The highest BCUT2D eigenvalue weighted by Gasteiger charge is 2.32. The predicted octanol–water partition coefficient (Wildman–Crippen LogP) is 4.38. The molecule has 1 fully saturated rings. The molecule has 7 nitrogen and oxygen atoms in total. The van der Waals surface area contributed by atoms with Gasteiger partial charge in [0, 0.05) is 24.3 Å². The molecule has 1 N–H and O–H groups in total.